The van der Waals surface area contributed by atoms with Crippen molar-refractivity contribution in [1.29, 1.82) is 0 Å². The smallest absolute Gasteiger partial charge is 0.0568 e. The van der Waals surface area contributed by atoms with Crippen molar-refractivity contribution in [2.75, 3.05) is 7.05 Å². The Morgan fingerprint density at radius 1 is 1.00 bits per heavy atom. The van der Waals surface area contributed by atoms with Gasteiger partial charge in [-0.05, 0) is 49.9 Å². The quantitative estimate of drug-likeness (QED) is 0.549. The summed E-state index contributed by atoms with van der Waals surface area (Å²) < 4.78 is 0. The van der Waals surface area contributed by atoms with Crippen LogP contribution in [-0.4, -0.2) is 28.7 Å². The van der Waals surface area contributed by atoms with Gasteiger partial charge in [0.2, 0.25) is 0 Å². The molecule has 2 aromatic carbocycles. The SMILES string of the molecule is CC(CCc1ccc(C2CC(Cl)C2Cl)cc1)N(C)Cc1ccccc1. The van der Waals surface area contributed by atoms with Gasteiger partial charge in [-0.25, -0.2) is 0 Å². The zero-order valence-electron chi connectivity index (χ0n) is 15.0. The van der Waals surface area contributed by atoms with Crippen molar-refractivity contribution in [3.63, 3.8) is 0 Å². The largest absolute Gasteiger partial charge is 0.299 e. The Bertz CT molecular complexity index is 655. The zero-order chi connectivity index (χ0) is 17.8. The van der Waals surface area contributed by atoms with Crippen LogP contribution >= 0.6 is 23.2 Å². The summed E-state index contributed by atoms with van der Waals surface area (Å²) in [5.74, 6) is 0.425. The molecule has 1 nitrogen and oxygen atoms in total. The summed E-state index contributed by atoms with van der Waals surface area (Å²) in [6, 6.07) is 20.2. The van der Waals surface area contributed by atoms with Crippen LogP contribution in [0.1, 0.15) is 42.4 Å². The molecule has 3 heteroatoms. The van der Waals surface area contributed by atoms with E-state index in [-0.39, 0.29) is 10.8 Å². The van der Waals surface area contributed by atoms with Gasteiger partial charge in [-0.3, -0.25) is 4.90 Å². The van der Waals surface area contributed by atoms with Gasteiger partial charge in [0.25, 0.3) is 0 Å². The molecular formula is C22H27Cl2N. The summed E-state index contributed by atoms with van der Waals surface area (Å²) in [6.07, 6.45) is 3.26. The summed E-state index contributed by atoms with van der Waals surface area (Å²) in [6.45, 7) is 3.31. The average Bonchev–Trinajstić information content (AvgIpc) is 2.65. The van der Waals surface area contributed by atoms with Crippen LogP contribution in [0.25, 0.3) is 0 Å². The molecule has 0 aromatic heterocycles. The molecule has 3 rings (SSSR count). The maximum atomic E-state index is 6.31. The number of benzene rings is 2. The molecular weight excluding hydrogens is 349 g/mol. The lowest BCUT2D eigenvalue weighted by Gasteiger charge is -2.37. The second-order valence-corrected chi connectivity index (χ2v) is 8.40. The summed E-state index contributed by atoms with van der Waals surface area (Å²) in [7, 11) is 2.21. The first-order valence-electron chi connectivity index (χ1n) is 9.15. The molecule has 1 aliphatic rings. The van der Waals surface area contributed by atoms with Gasteiger partial charge >= 0.3 is 0 Å². The van der Waals surface area contributed by atoms with Crippen molar-refractivity contribution in [1.82, 2.24) is 4.90 Å². The monoisotopic (exact) mass is 375 g/mol. The fourth-order valence-corrected chi connectivity index (χ4v) is 4.15. The number of aryl methyl sites for hydroxylation is 1. The number of hydrogen-bond acceptors (Lipinski definition) is 1. The molecule has 0 aliphatic heterocycles. The van der Waals surface area contributed by atoms with Crippen LogP contribution in [0, 0.1) is 0 Å². The van der Waals surface area contributed by atoms with Crippen molar-refractivity contribution >= 4 is 23.2 Å². The van der Waals surface area contributed by atoms with Gasteiger partial charge < -0.3 is 0 Å². The molecule has 0 N–H and O–H groups in total. The van der Waals surface area contributed by atoms with Gasteiger partial charge in [-0.15, -0.1) is 23.2 Å². The second kappa shape index (κ2) is 8.58. The van der Waals surface area contributed by atoms with E-state index in [1.165, 1.54) is 16.7 Å². The van der Waals surface area contributed by atoms with Crippen LogP contribution in [0.3, 0.4) is 0 Å². The van der Waals surface area contributed by atoms with Gasteiger partial charge in [-0.2, -0.15) is 0 Å². The molecule has 4 unspecified atom stereocenters. The van der Waals surface area contributed by atoms with Crippen LogP contribution in [0.5, 0.6) is 0 Å². The molecule has 4 atom stereocenters. The van der Waals surface area contributed by atoms with Crippen molar-refractivity contribution in [2.24, 2.45) is 0 Å². The summed E-state index contributed by atoms with van der Waals surface area (Å²) in [5.41, 5.74) is 4.10. The Kier molecular flexibility index (Phi) is 6.44. The minimum absolute atomic E-state index is 0.0826. The Balaban J connectivity index is 1.48. The molecule has 0 amide bonds. The van der Waals surface area contributed by atoms with Crippen LogP contribution in [0.2, 0.25) is 0 Å². The van der Waals surface area contributed by atoms with Gasteiger partial charge in [0.1, 0.15) is 0 Å². The second-order valence-electron chi connectivity index (χ2n) is 7.33. The fraction of sp³-hybridized carbons (Fsp3) is 0.455. The Morgan fingerprint density at radius 2 is 1.68 bits per heavy atom. The standard InChI is InChI=1S/C22H27Cl2N/c1-16(25(2)15-18-6-4-3-5-7-18)8-9-17-10-12-19(13-11-17)20-14-21(23)22(20)24/h3-7,10-13,16,20-22H,8-9,14-15H2,1-2H3. The minimum Gasteiger partial charge on any atom is -0.299 e. The third-order valence-corrected chi connectivity index (χ3v) is 6.68. The van der Waals surface area contributed by atoms with Gasteiger partial charge in [0.15, 0.2) is 0 Å². The Morgan fingerprint density at radius 3 is 2.28 bits per heavy atom. The first-order valence-corrected chi connectivity index (χ1v) is 10.0. The Hall–Kier alpha value is -1.02. The molecule has 1 saturated carbocycles. The normalized spacial score (nSPS) is 24.1. The van der Waals surface area contributed by atoms with Crippen LogP contribution in [0.15, 0.2) is 54.6 Å². The summed E-state index contributed by atoms with van der Waals surface area (Å²) in [4.78, 5) is 2.43. The summed E-state index contributed by atoms with van der Waals surface area (Å²) >= 11 is 12.4. The predicted octanol–water partition coefficient (Wildman–Crippen LogP) is 5.84. The van der Waals surface area contributed by atoms with Crippen molar-refractivity contribution < 1.29 is 0 Å². The lowest BCUT2D eigenvalue weighted by molar-refractivity contribution is 0.238. The molecule has 0 bridgehead atoms. The molecule has 134 valence electrons. The molecule has 0 radical (unpaired) electrons. The molecule has 2 aromatic rings. The van der Waals surface area contributed by atoms with Gasteiger partial charge in [-0.1, -0.05) is 54.6 Å². The minimum atomic E-state index is 0.0826. The lowest BCUT2D eigenvalue weighted by atomic mass is 9.78. The van der Waals surface area contributed by atoms with Crippen LogP contribution in [-0.2, 0) is 13.0 Å². The highest BCUT2D eigenvalue weighted by atomic mass is 35.5. The number of halogens is 2. The predicted molar refractivity (Wildman–Crippen MR) is 109 cm³/mol. The molecule has 0 spiro atoms. The van der Waals surface area contributed by atoms with E-state index in [9.17, 15) is 0 Å². The molecule has 0 heterocycles. The fourth-order valence-electron chi connectivity index (χ4n) is 3.43. The maximum Gasteiger partial charge on any atom is 0.0568 e. The highest BCUT2D eigenvalue weighted by molar-refractivity contribution is 6.31. The van der Waals surface area contributed by atoms with E-state index in [1.54, 1.807) is 0 Å². The molecule has 1 aliphatic carbocycles. The number of rotatable bonds is 7. The van der Waals surface area contributed by atoms with Crippen LogP contribution in [0.4, 0.5) is 0 Å². The Labute approximate surface area is 161 Å². The highest BCUT2D eigenvalue weighted by Gasteiger charge is 2.39. The number of nitrogens with zero attached hydrogens (tertiary/aromatic N) is 1. The van der Waals surface area contributed by atoms with E-state index >= 15 is 0 Å². The third-order valence-electron chi connectivity index (χ3n) is 5.49. The van der Waals surface area contributed by atoms with E-state index in [0.29, 0.717) is 12.0 Å². The lowest BCUT2D eigenvalue weighted by Crippen LogP contribution is -2.36. The number of hydrogen-bond donors (Lipinski definition) is 0. The topological polar surface area (TPSA) is 3.24 Å². The van der Waals surface area contributed by atoms with E-state index < -0.39 is 0 Å². The van der Waals surface area contributed by atoms with Crippen LogP contribution < -0.4 is 0 Å². The van der Waals surface area contributed by atoms with E-state index in [4.69, 9.17) is 23.2 Å². The van der Waals surface area contributed by atoms with Crippen molar-refractivity contribution in [3.05, 3.63) is 71.3 Å². The van der Waals surface area contributed by atoms with Crippen molar-refractivity contribution in [2.45, 2.75) is 55.4 Å². The zero-order valence-corrected chi connectivity index (χ0v) is 16.5. The van der Waals surface area contributed by atoms with Gasteiger partial charge in [0, 0.05) is 18.5 Å². The molecule has 25 heavy (non-hydrogen) atoms. The average molecular weight is 376 g/mol. The highest BCUT2D eigenvalue weighted by Crippen LogP contribution is 2.44. The van der Waals surface area contributed by atoms with E-state index in [2.05, 4.69) is 73.5 Å². The summed E-state index contributed by atoms with van der Waals surface area (Å²) in [5, 5.41) is 0.214. The van der Waals surface area contributed by atoms with E-state index in [0.717, 1.165) is 25.8 Å². The van der Waals surface area contributed by atoms with E-state index in [1.807, 2.05) is 0 Å². The first kappa shape index (κ1) is 18.8. The first-order chi connectivity index (χ1) is 12.0. The van der Waals surface area contributed by atoms with Crippen molar-refractivity contribution in [3.8, 4) is 0 Å². The molecule has 1 fully saturated rings. The van der Waals surface area contributed by atoms with Gasteiger partial charge in [0.05, 0.1) is 10.8 Å². The number of alkyl halides is 2. The maximum absolute atomic E-state index is 6.31. The third kappa shape index (κ3) is 4.78. The molecule has 0 saturated heterocycles.